The zero-order valence-electron chi connectivity index (χ0n) is 15.2. The van der Waals surface area contributed by atoms with Crippen LogP contribution >= 0.6 is 0 Å². The van der Waals surface area contributed by atoms with Crippen LogP contribution in [0.4, 0.5) is 11.4 Å². The molecule has 0 radical (unpaired) electrons. The van der Waals surface area contributed by atoms with Crippen molar-refractivity contribution in [1.82, 2.24) is 4.31 Å². The summed E-state index contributed by atoms with van der Waals surface area (Å²) in [7, 11) is -3.55. The highest BCUT2D eigenvalue weighted by atomic mass is 32.2. The van der Waals surface area contributed by atoms with Crippen molar-refractivity contribution in [3.05, 3.63) is 64.2 Å². The minimum absolute atomic E-state index is 0.0778. The second-order valence-electron chi connectivity index (χ2n) is 6.12. The second-order valence-corrected chi connectivity index (χ2v) is 8.06. The molecule has 2 aromatic carbocycles. The van der Waals surface area contributed by atoms with Crippen LogP contribution < -0.4 is 5.43 Å². The topological polar surface area (TPSA) is 114 Å². The second kappa shape index (κ2) is 8.46. The standard InChI is InChI=1S/C18H20N4O5S/c1-14(19-20-17-4-2-3-5-18(17)22(23)24)15-6-8-16(9-7-15)28(25,26)21-10-12-27-13-11-21/h2-9,20H,10-13H2,1H3/b19-14+. The molecule has 0 bridgehead atoms. The Morgan fingerprint density at radius 3 is 2.43 bits per heavy atom. The maximum atomic E-state index is 12.6. The first-order chi connectivity index (χ1) is 13.4. The third kappa shape index (κ3) is 4.35. The van der Waals surface area contributed by atoms with E-state index in [2.05, 4.69) is 10.5 Å². The molecule has 1 heterocycles. The van der Waals surface area contributed by atoms with Crippen LogP contribution in [0.2, 0.25) is 0 Å². The van der Waals surface area contributed by atoms with Crippen molar-refractivity contribution in [1.29, 1.82) is 0 Å². The van der Waals surface area contributed by atoms with Gasteiger partial charge in [-0.1, -0.05) is 24.3 Å². The zero-order valence-corrected chi connectivity index (χ0v) is 16.1. The normalized spacial score (nSPS) is 16.0. The lowest BCUT2D eigenvalue weighted by Gasteiger charge is -2.26. The fourth-order valence-electron chi connectivity index (χ4n) is 2.74. The van der Waals surface area contributed by atoms with E-state index in [0.717, 1.165) is 0 Å². The molecule has 9 nitrogen and oxygen atoms in total. The molecule has 0 spiro atoms. The fraction of sp³-hybridized carbons (Fsp3) is 0.278. The largest absolute Gasteiger partial charge is 0.379 e. The SMILES string of the molecule is C/C(=N\Nc1ccccc1[N+](=O)[O-])c1ccc(S(=O)(=O)N2CCOCC2)cc1. The average Bonchev–Trinajstić information content (AvgIpc) is 2.73. The smallest absolute Gasteiger partial charge is 0.294 e. The summed E-state index contributed by atoms with van der Waals surface area (Å²) in [5.41, 5.74) is 4.16. The lowest BCUT2D eigenvalue weighted by atomic mass is 10.1. The van der Waals surface area contributed by atoms with Crippen LogP contribution in [-0.4, -0.2) is 49.7 Å². The van der Waals surface area contributed by atoms with Gasteiger partial charge in [-0.25, -0.2) is 8.42 Å². The lowest BCUT2D eigenvalue weighted by Crippen LogP contribution is -2.40. The number of anilines is 1. The van der Waals surface area contributed by atoms with Crippen molar-refractivity contribution in [3.8, 4) is 0 Å². The average molecular weight is 404 g/mol. The van der Waals surface area contributed by atoms with E-state index in [1.165, 1.54) is 22.5 Å². The van der Waals surface area contributed by atoms with Gasteiger partial charge in [0.15, 0.2) is 0 Å². The van der Waals surface area contributed by atoms with E-state index in [0.29, 0.717) is 37.6 Å². The van der Waals surface area contributed by atoms with Gasteiger partial charge in [-0.15, -0.1) is 0 Å². The van der Waals surface area contributed by atoms with Gasteiger partial charge in [0.05, 0.1) is 28.7 Å². The number of para-hydroxylation sites is 2. The minimum Gasteiger partial charge on any atom is -0.379 e. The number of nitro groups is 1. The van der Waals surface area contributed by atoms with Gasteiger partial charge in [0.25, 0.3) is 5.69 Å². The Bertz CT molecular complexity index is 983. The molecule has 1 aliphatic rings. The van der Waals surface area contributed by atoms with Crippen LogP contribution in [0, 0.1) is 10.1 Å². The molecule has 1 aliphatic heterocycles. The Balaban J connectivity index is 1.76. The quantitative estimate of drug-likeness (QED) is 0.449. The minimum atomic E-state index is -3.55. The molecule has 0 unspecified atom stereocenters. The van der Waals surface area contributed by atoms with E-state index < -0.39 is 14.9 Å². The van der Waals surface area contributed by atoms with Crippen molar-refractivity contribution in [2.75, 3.05) is 31.7 Å². The molecule has 0 aromatic heterocycles. The number of nitrogens with one attached hydrogen (secondary N) is 1. The predicted octanol–water partition coefficient (Wildman–Crippen LogP) is 2.45. The van der Waals surface area contributed by atoms with Gasteiger partial charge in [0.2, 0.25) is 10.0 Å². The van der Waals surface area contributed by atoms with Gasteiger partial charge < -0.3 is 4.74 Å². The van der Waals surface area contributed by atoms with Crippen molar-refractivity contribution in [2.45, 2.75) is 11.8 Å². The predicted molar refractivity (Wildman–Crippen MR) is 105 cm³/mol. The van der Waals surface area contributed by atoms with Crippen LogP contribution in [0.3, 0.4) is 0 Å². The van der Waals surface area contributed by atoms with E-state index in [9.17, 15) is 18.5 Å². The van der Waals surface area contributed by atoms with Gasteiger partial charge in [0, 0.05) is 19.2 Å². The molecule has 10 heteroatoms. The van der Waals surface area contributed by atoms with Gasteiger partial charge in [-0.3, -0.25) is 15.5 Å². The molecule has 0 amide bonds. The highest BCUT2D eigenvalue weighted by Gasteiger charge is 2.26. The van der Waals surface area contributed by atoms with Crippen LogP contribution in [0.15, 0.2) is 58.5 Å². The molecule has 0 saturated carbocycles. The summed E-state index contributed by atoms with van der Waals surface area (Å²) in [5.74, 6) is 0. The van der Waals surface area contributed by atoms with E-state index in [-0.39, 0.29) is 16.3 Å². The van der Waals surface area contributed by atoms with Crippen molar-refractivity contribution < 1.29 is 18.1 Å². The Kier molecular flexibility index (Phi) is 6.02. The Labute approximate surface area is 162 Å². The van der Waals surface area contributed by atoms with E-state index >= 15 is 0 Å². The molecular formula is C18H20N4O5S. The maximum absolute atomic E-state index is 12.6. The number of sulfonamides is 1. The zero-order chi connectivity index (χ0) is 20.1. The Morgan fingerprint density at radius 1 is 1.14 bits per heavy atom. The summed E-state index contributed by atoms with van der Waals surface area (Å²) in [4.78, 5) is 10.8. The molecule has 0 atom stereocenters. The maximum Gasteiger partial charge on any atom is 0.294 e. The number of hydrazone groups is 1. The van der Waals surface area contributed by atoms with Gasteiger partial charge in [0.1, 0.15) is 5.69 Å². The first kappa shape index (κ1) is 19.9. The molecule has 1 N–H and O–H groups in total. The summed E-state index contributed by atoms with van der Waals surface area (Å²) in [5, 5.41) is 15.2. The molecular weight excluding hydrogens is 384 g/mol. The molecule has 2 aromatic rings. The molecule has 148 valence electrons. The van der Waals surface area contributed by atoms with Crippen LogP contribution in [-0.2, 0) is 14.8 Å². The van der Waals surface area contributed by atoms with Gasteiger partial charge in [-0.05, 0) is 30.7 Å². The Hall–Kier alpha value is -2.82. The first-order valence-electron chi connectivity index (χ1n) is 8.61. The van der Waals surface area contributed by atoms with Crippen LogP contribution in [0.1, 0.15) is 12.5 Å². The Morgan fingerprint density at radius 2 is 1.79 bits per heavy atom. The summed E-state index contributed by atoms with van der Waals surface area (Å²) < 4.78 is 31.9. The number of morpholine rings is 1. The first-order valence-corrected chi connectivity index (χ1v) is 10.1. The number of benzene rings is 2. The third-order valence-electron chi connectivity index (χ3n) is 4.32. The molecule has 1 fully saturated rings. The number of nitro benzene ring substituents is 1. The van der Waals surface area contributed by atoms with Crippen LogP contribution in [0.25, 0.3) is 0 Å². The van der Waals surface area contributed by atoms with Crippen molar-refractivity contribution in [2.24, 2.45) is 5.10 Å². The van der Waals surface area contributed by atoms with E-state index in [4.69, 9.17) is 4.74 Å². The number of rotatable bonds is 6. The van der Waals surface area contributed by atoms with E-state index in [1.807, 2.05) is 0 Å². The van der Waals surface area contributed by atoms with Gasteiger partial charge in [-0.2, -0.15) is 9.41 Å². The van der Waals surface area contributed by atoms with Crippen molar-refractivity contribution >= 4 is 27.1 Å². The summed E-state index contributed by atoms with van der Waals surface area (Å²) in [6.45, 7) is 3.18. The molecule has 0 aliphatic carbocycles. The number of ether oxygens (including phenoxy) is 1. The molecule has 3 rings (SSSR count). The fourth-order valence-corrected chi connectivity index (χ4v) is 4.15. The van der Waals surface area contributed by atoms with Gasteiger partial charge >= 0.3 is 0 Å². The summed E-state index contributed by atoms with van der Waals surface area (Å²) in [6, 6.07) is 12.6. The number of hydrogen-bond acceptors (Lipinski definition) is 7. The highest BCUT2D eigenvalue weighted by Crippen LogP contribution is 2.23. The summed E-state index contributed by atoms with van der Waals surface area (Å²) in [6.07, 6.45) is 0. The number of nitrogens with zero attached hydrogens (tertiary/aromatic N) is 3. The highest BCUT2D eigenvalue weighted by molar-refractivity contribution is 7.89. The molecule has 1 saturated heterocycles. The third-order valence-corrected chi connectivity index (χ3v) is 6.24. The van der Waals surface area contributed by atoms with Crippen molar-refractivity contribution in [3.63, 3.8) is 0 Å². The lowest BCUT2D eigenvalue weighted by molar-refractivity contribution is -0.384. The van der Waals surface area contributed by atoms with E-state index in [1.54, 1.807) is 37.3 Å². The summed E-state index contributed by atoms with van der Waals surface area (Å²) >= 11 is 0. The monoisotopic (exact) mass is 404 g/mol. The van der Waals surface area contributed by atoms with Crippen LogP contribution in [0.5, 0.6) is 0 Å². The number of hydrogen-bond donors (Lipinski definition) is 1. The molecule has 28 heavy (non-hydrogen) atoms.